The number of hydrogen-bond donors (Lipinski definition) is 0. The first-order chi connectivity index (χ1) is 30.7. The summed E-state index contributed by atoms with van der Waals surface area (Å²) >= 11 is 1.85. The molecule has 12 rings (SSSR count). The van der Waals surface area contributed by atoms with E-state index in [0.717, 1.165) is 33.4 Å². The summed E-state index contributed by atoms with van der Waals surface area (Å²) in [6.45, 7) is 0. The van der Waals surface area contributed by atoms with Gasteiger partial charge in [0.15, 0.2) is 17.5 Å². The summed E-state index contributed by atoms with van der Waals surface area (Å²) < 4.78 is 2.52. The van der Waals surface area contributed by atoms with Gasteiger partial charge in [-0.25, -0.2) is 15.0 Å². The van der Waals surface area contributed by atoms with Crippen molar-refractivity contribution >= 4 is 31.5 Å². The Morgan fingerprint density at radius 2 is 0.790 bits per heavy atom. The van der Waals surface area contributed by atoms with Crippen LogP contribution in [-0.2, 0) is 5.41 Å². The van der Waals surface area contributed by atoms with Crippen LogP contribution in [0.5, 0.6) is 0 Å². The Balaban J connectivity index is 1.03. The second-order valence-corrected chi connectivity index (χ2v) is 17.0. The van der Waals surface area contributed by atoms with Crippen molar-refractivity contribution < 1.29 is 0 Å². The summed E-state index contributed by atoms with van der Waals surface area (Å²) in [5.74, 6) is 1.91. The minimum atomic E-state index is -0.473. The smallest absolute Gasteiger partial charge is 0.164 e. The van der Waals surface area contributed by atoms with Crippen molar-refractivity contribution in [3.63, 3.8) is 0 Å². The largest absolute Gasteiger partial charge is 0.208 e. The fraction of sp³-hybridized carbons (Fsp3) is 0.0172. The Morgan fingerprint density at radius 3 is 1.45 bits per heavy atom. The molecule has 9 aromatic carbocycles. The van der Waals surface area contributed by atoms with Crippen molar-refractivity contribution in [3.8, 4) is 67.5 Å². The highest BCUT2D eigenvalue weighted by Crippen LogP contribution is 2.57. The molecular weight excluding hydrogens is 771 g/mol. The number of benzene rings is 9. The first kappa shape index (κ1) is 36.1. The molecule has 0 N–H and O–H groups in total. The molecule has 0 radical (unpaired) electrons. The van der Waals surface area contributed by atoms with Crippen LogP contribution in [0, 0.1) is 0 Å². The standard InChI is InChI=1S/C58H37N3S/c1-4-17-38(18-5-1)40-21-14-23-42(35-40)56-59-55(39-19-6-2-7-20-39)60-57(61-56)43-24-15-22-41(36-43)46-29-16-32-53-54(46)49-37-45(33-34-52(49)62-53)58(44-25-8-3-9-26-44)50-30-12-10-27-47(50)48-28-11-13-31-51(48)58/h1-37H. The Bertz CT molecular complexity index is 3420. The zero-order chi connectivity index (χ0) is 41.0. The monoisotopic (exact) mass is 807 g/mol. The van der Waals surface area contributed by atoms with Gasteiger partial charge < -0.3 is 0 Å². The van der Waals surface area contributed by atoms with E-state index in [9.17, 15) is 0 Å². The van der Waals surface area contributed by atoms with E-state index in [-0.39, 0.29) is 0 Å². The number of thiophene rings is 1. The Morgan fingerprint density at radius 1 is 0.306 bits per heavy atom. The Kier molecular flexibility index (Phi) is 8.58. The molecule has 2 aromatic heterocycles. The van der Waals surface area contributed by atoms with Gasteiger partial charge in [-0.1, -0.05) is 194 Å². The number of aromatic nitrogens is 3. The van der Waals surface area contributed by atoms with Gasteiger partial charge in [0.1, 0.15) is 0 Å². The molecule has 11 aromatic rings. The highest BCUT2D eigenvalue weighted by atomic mass is 32.1. The average molecular weight is 808 g/mol. The van der Waals surface area contributed by atoms with E-state index in [1.165, 1.54) is 59.1 Å². The van der Waals surface area contributed by atoms with Crippen LogP contribution < -0.4 is 0 Å². The molecule has 0 atom stereocenters. The second kappa shape index (κ2) is 14.7. The molecule has 2 heterocycles. The molecule has 0 bridgehead atoms. The normalized spacial score (nSPS) is 12.6. The molecule has 62 heavy (non-hydrogen) atoms. The predicted molar refractivity (Wildman–Crippen MR) is 257 cm³/mol. The van der Waals surface area contributed by atoms with Crippen molar-refractivity contribution in [2.75, 3.05) is 0 Å². The SMILES string of the molecule is c1ccc(-c2cccc(-c3nc(-c4ccccc4)nc(-c4cccc(-c5cccc6sc7ccc(C8(c9ccccc9)c9ccccc9-c9ccccc98)cc7c56)c4)n3)c2)cc1. The van der Waals surface area contributed by atoms with Crippen molar-refractivity contribution in [2.45, 2.75) is 5.41 Å². The van der Waals surface area contributed by atoms with Crippen LogP contribution in [0.1, 0.15) is 22.3 Å². The molecule has 0 saturated carbocycles. The lowest BCUT2D eigenvalue weighted by Crippen LogP contribution is -2.28. The van der Waals surface area contributed by atoms with Gasteiger partial charge in [0.25, 0.3) is 0 Å². The third kappa shape index (κ3) is 5.83. The highest BCUT2D eigenvalue weighted by molar-refractivity contribution is 7.26. The Hall–Kier alpha value is -7.79. The van der Waals surface area contributed by atoms with Gasteiger partial charge in [0.2, 0.25) is 0 Å². The maximum absolute atomic E-state index is 5.18. The Labute approximate surface area is 364 Å². The van der Waals surface area contributed by atoms with Crippen molar-refractivity contribution in [3.05, 3.63) is 247 Å². The molecule has 0 spiro atoms. The minimum absolute atomic E-state index is 0.473. The van der Waals surface area contributed by atoms with E-state index in [2.05, 4.69) is 200 Å². The molecule has 0 aliphatic heterocycles. The fourth-order valence-electron chi connectivity index (χ4n) is 9.66. The molecular formula is C58H37N3S. The van der Waals surface area contributed by atoms with Crippen LogP contribution in [0.25, 0.3) is 87.7 Å². The van der Waals surface area contributed by atoms with E-state index in [4.69, 9.17) is 15.0 Å². The summed E-state index contributed by atoms with van der Waals surface area (Å²) in [4.78, 5) is 15.4. The lowest BCUT2D eigenvalue weighted by molar-refractivity contribution is 0.770. The van der Waals surface area contributed by atoms with Crippen molar-refractivity contribution in [1.29, 1.82) is 0 Å². The van der Waals surface area contributed by atoms with E-state index in [0.29, 0.717) is 17.5 Å². The lowest BCUT2D eigenvalue weighted by Gasteiger charge is -2.34. The molecule has 0 amide bonds. The number of nitrogens with zero attached hydrogens (tertiary/aromatic N) is 3. The quantitative estimate of drug-likeness (QED) is 0.161. The highest BCUT2D eigenvalue weighted by Gasteiger charge is 2.46. The topological polar surface area (TPSA) is 38.7 Å². The van der Waals surface area contributed by atoms with Crippen molar-refractivity contribution in [2.24, 2.45) is 0 Å². The van der Waals surface area contributed by atoms with Crippen LogP contribution in [-0.4, -0.2) is 15.0 Å². The summed E-state index contributed by atoms with van der Waals surface area (Å²) in [5, 5.41) is 2.51. The van der Waals surface area contributed by atoms with Crippen LogP contribution in [0.15, 0.2) is 224 Å². The molecule has 4 heteroatoms. The third-order valence-corrected chi connectivity index (χ3v) is 13.6. The molecule has 3 nitrogen and oxygen atoms in total. The van der Waals surface area contributed by atoms with E-state index in [1.54, 1.807) is 0 Å². The number of fused-ring (bicyclic) bond motifs is 6. The summed E-state index contributed by atoms with van der Waals surface area (Å²) in [5.41, 5.74) is 14.6. The van der Waals surface area contributed by atoms with Gasteiger partial charge in [-0.05, 0) is 86.0 Å². The van der Waals surface area contributed by atoms with Crippen LogP contribution >= 0.6 is 11.3 Å². The first-order valence-corrected chi connectivity index (χ1v) is 21.8. The number of rotatable bonds is 7. The molecule has 0 unspecified atom stereocenters. The fourth-order valence-corrected chi connectivity index (χ4v) is 10.8. The maximum Gasteiger partial charge on any atom is 0.164 e. The first-order valence-electron chi connectivity index (χ1n) is 21.0. The van der Waals surface area contributed by atoms with Gasteiger partial charge >= 0.3 is 0 Å². The number of hydrogen-bond acceptors (Lipinski definition) is 4. The van der Waals surface area contributed by atoms with Gasteiger partial charge in [-0.15, -0.1) is 11.3 Å². The average Bonchev–Trinajstić information content (AvgIpc) is 3.88. The molecule has 1 aliphatic rings. The second-order valence-electron chi connectivity index (χ2n) is 15.9. The summed E-state index contributed by atoms with van der Waals surface area (Å²) in [6, 6.07) is 80.6. The van der Waals surface area contributed by atoms with Crippen LogP contribution in [0.2, 0.25) is 0 Å². The third-order valence-electron chi connectivity index (χ3n) is 12.4. The minimum Gasteiger partial charge on any atom is -0.208 e. The van der Waals surface area contributed by atoms with Crippen LogP contribution in [0.3, 0.4) is 0 Å². The van der Waals surface area contributed by atoms with E-state index in [1.807, 2.05) is 35.6 Å². The van der Waals surface area contributed by atoms with Crippen LogP contribution in [0.4, 0.5) is 0 Å². The molecule has 0 fully saturated rings. The van der Waals surface area contributed by atoms with Gasteiger partial charge in [0.05, 0.1) is 5.41 Å². The zero-order valence-corrected chi connectivity index (χ0v) is 34.4. The van der Waals surface area contributed by atoms with Gasteiger partial charge in [-0.2, -0.15) is 0 Å². The zero-order valence-electron chi connectivity index (χ0n) is 33.6. The van der Waals surface area contributed by atoms with E-state index >= 15 is 0 Å². The molecule has 0 saturated heterocycles. The summed E-state index contributed by atoms with van der Waals surface area (Å²) in [6.07, 6.45) is 0. The maximum atomic E-state index is 5.18. The van der Waals surface area contributed by atoms with Gasteiger partial charge in [-0.3, -0.25) is 0 Å². The predicted octanol–water partition coefficient (Wildman–Crippen LogP) is 14.9. The van der Waals surface area contributed by atoms with Gasteiger partial charge in [0, 0.05) is 36.9 Å². The van der Waals surface area contributed by atoms with Crippen molar-refractivity contribution in [1.82, 2.24) is 15.0 Å². The molecule has 290 valence electrons. The lowest BCUT2D eigenvalue weighted by atomic mass is 9.67. The summed E-state index contributed by atoms with van der Waals surface area (Å²) in [7, 11) is 0. The molecule has 1 aliphatic carbocycles. The van der Waals surface area contributed by atoms with E-state index < -0.39 is 5.41 Å².